The summed E-state index contributed by atoms with van der Waals surface area (Å²) in [5, 5.41) is 0. The molecule has 0 aliphatic heterocycles. The summed E-state index contributed by atoms with van der Waals surface area (Å²) in [4.78, 5) is 11.7. The Morgan fingerprint density at radius 3 is 2.24 bits per heavy atom. The minimum Gasteiger partial charge on any atom is -0.460 e. The summed E-state index contributed by atoms with van der Waals surface area (Å²) >= 11 is 0. The minimum atomic E-state index is -0.403. The molecular weight excluding hydrogens is 214 g/mol. The molecule has 0 radical (unpaired) electrons. The summed E-state index contributed by atoms with van der Waals surface area (Å²) in [5.74, 6) is 0.347. The summed E-state index contributed by atoms with van der Waals surface area (Å²) in [6, 6.07) is -0.0250. The quantitative estimate of drug-likeness (QED) is 0.610. The monoisotopic (exact) mass is 241 g/mol. The van der Waals surface area contributed by atoms with Crippen molar-refractivity contribution in [1.29, 1.82) is 0 Å². The average molecular weight is 241 g/mol. The second-order valence-electron chi connectivity index (χ2n) is 6.21. The molecule has 1 aliphatic carbocycles. The van der Waals surface area contributed by atoms with Crippen molar-refractivity contribution >= 4 is 5.97 Å². The van der Waals surface area contributed by atoms with Crippen molar-refractivity contribution in [3.8, 4) is 0 Å². The molecule has 0 bridgehead atoms. The second kappa shape index (κ2) is 6.39. The van der Waals surface area contributed by atoms with E-state index in [1.807, 2.05) is 20.8 Å². The van der Waals surface area contributed by atoms with E-state index in [2.05, 4.69) is 0 Å². The Kier molecular flexibility index (Phi) is 5.44. The molecule has 0 spiro atoms. The van der Waals surface area contributed by atoms with E-state index in [1.54, 1.807) is 0 Å². The molecule has 1 unspecified atom stereocenters. The van der Waals surface area contributed by atoms with Gasteiger partial charge in [-0.05, 0) is 39.5 Å². The number of ether oxygens (including phenoxy) is 1. The zero-order valence-corrected chi connectivity index (χ0v) is 11.5. The van der Waals surface area contributed by atoms with Crippen molar-refractivity contribution < 1.29 is 9.53 Å². The Morgan fingerprint density at radius 1 is 1.24 bits per heavy atom. The Morgan fingerprint density at radius 2 is 1.76 bits per heavy atom. The molecule has 1 rings (SSSR count). The zero-order valence-electron chi connectivity index (χ0n) is 11.5. The predicted octanol–water partition coefficient (Wildman–Crippen LogP) is 3.02. The summed E-state index contributed by atoms with van der Waals surface area (Å²) in [5.41, 5.74) is 5.73. The lowest BCUT2D eigenvalue weighted by atomic mass is 9.90. The molecule has 3 nitrogen and oxygen atoms in total. The first-order valence-corrected chi connectivity index (χ1v) is 6.86. The zero-order chi connectivity index (χ0) is 12.9. The van der Waals surface area contributed by atoms with Gasteiger partial charge in [0.05, 0.1) is 6.42 Å². The topological polar surface area (TPSA) is 52.3 Å². The summed E-state index contributed by atoms with van der Waals surface area (Å²) in [6.07, 6.45) is 7.85. The third-order valence-corrected chi connectivity index (χ3v) is 3.33. The van der Waals surface area contributed by atoms with E-state index in [4.69, 9.17) is 10.5 Å². The number of hydrogen-bond acceptors (Lipinski definition) is 3. The number of nitrogens with two attached hydrogens (primary N) is 1. The highest BCUT2D eigenvalue weighted by Gasteiger charge is 2.24. The van der Waals surface area contributed by atoms with Crippen LogP contribution in [0, 0.1) is 5.92 Å². The number of rotatable bonds is 3. The molecule has 2 N–H and O–H groups in total. The highest BCUT2D eigenvalue weighted by atomic mass is 16.6. The molecule has 0 saturated heterocycles. The smallest absolute Gasteiger partial charge is 0.307 e. The van der Waals surface area contributed by atoms with E-state index in [9.17, 15) is 4.79 Å². The molecule has 0 amide bonds. The third-order valence-electron chi connectivity index (χ3n) is 3.33. The summed E-state index contributed by atoms with van der Waals surface area (Å²) < 4.78 is 5.31. The average Bonchev–Trinajstić information content (AvgIpc) is 2.41. The number of carbonyl (C=O) groups excluding carboxylic acids is 1. The first-order chi connectivity index (χ1) is 7.88. The molecule has 1 aliphatic rings. The fourth-order valence-electron chi connectivity index (χ4n) is 2.48. The van der Waals surface area contributed by atoms with Crippen molar-refractivity contribution in [2.75, 3.05) is 0 Å². The van der Waals surface area contributed by atoms with E-state index in [-0.39, 0.29) is 12.0 Å². The Balaban J connectivity index is 2.36. The molecule has 17 heavy (non-hydrogen) atoms. The lowest BCUT2D eigenvalue weighted by Gasteiger charge is -2.24. The molecule has 1 saturated carbocycles. The number of esters is 1. The lowest BCUT2D eigenvalue weighted by molar-refractivity contribution is -0.155. The van der Waals surface area contributed by atoms with E-state index >= 15 is 0 Å². The van der Waals surface area contributed by atoms with Crippen LogP contribution in [0.25, 0.3) is 0 Å². The molecule has 100 valence electrons. The van der Waals surface area contributed by atoms with E-state index in [0.717, 1.165) is 0 Å². The molecule has 0 aromatic carbocycles. The minimum absolute atomic E-state index is 0.0250. The third kappa shape index (κ3) is 6.06. The molecule has 0 heterocycles. The van der Waals surface area contributed by atoms with Gasteiger partial charge in [-0.25, -0.2) is 0 Å². The molecule has 0 aromatic heterocycles. The van der Waals surface area contributed by atoms with Crippen LogP contribution >= 0.6 is 0 Å². The van der Waals surface area contributed by atoms with Crippen molar-refractivity contribution in [2.45, 2.75) is 77.4 Å². The van der Waals surface area contributed by atoms with Gasteiger partial charge in [-0.15, -0.1) is 0 Å². The number of carbonyl (C=O) groups is 1. The predicted molar refractivity (Wildman–Crippen MR) is 69.6 cm³/mol. The van der Waals surface area contributed by atoms with Gasteiger partial charge in [0.2, 0.25) is 0 Å². The maximum atomic E-state index is 11.7. The van der Waals surface area contributed by atoms with Gasteiger partial charge >= 0.3 is 5.97 Å². The van der Waals surface area contributed by atoms with Crippen LogP contribution in [0.2, 0.25) is 0 Å². The van der Waals surface area contributed by atoms with Gasteiger partial charge in [0.15, 0.2) is 0 Å². The van der Waals surface area contributed by atoms with Crippen molar-refractivity contribution in [3.05, 3.63) is 0 Å². The highest BCUT2D eigenvalue weighted by Crippen LogP contribution is 2.26. The van der Waals surface area contributed by atoms with Crippen molar-refractivity contribution in [3.63, 3.8) is 0 Å². The van der Waals surface area contributed by atoms with Crippen LogP contribution in [-0.4, -0.2) is 17.6 Å². The van der Waals surface area contributed by atoms with E-state index in [1.165, 1.54) is 38.5 Å². The van der Waals surface area contributed by atoms with Gasteiger partial charge in [-0.3, -0.25) is 4.79 Å². The van der Waals surface area contributed by atoms with Crippen LogP contribution in [0.3, 0.4) is 0 Å². The standard InChI is InChI=1S/C14H27NO2/c1-14(2,3)17-13(16)10-12(15)11-8-6-4-5-7-9-11/h11-12H,4-10,15H2,1-3H3. The first kappa shape index (κ1) is 14.5. The Labute approximate surface area is 105 Å². The fourth-order valence-corrected chi connectivity index (χ4v) is 2.48. The maximum absolute atomic E-state index is 11.7. The molecule has 0 aromatic rings. The van der Waals surface area contributed by atoms with E-state index in [0.29, 0.717) is 12.3 Å². The van der Waals surface area contributed by atoms with Gasteiger partial charge < -0.3 is 10.5 Å². The van der Waals surface area contributed by atoms with Crippen molar-refractivity contribution in [2.24, 2.45) is 11.7 Å². The highest BCUT2D eigenvalue weighted by molar-refractivity contribution is 5.70. The van der Waals surface area contributed by atoms with Gasteiger partial charge in [-0.1, -0.05) is 25.7 Å². The maximum Gasteiger partial charge on any atom is 0.307 e. The van der Waals surface area contributed by atoms with Gasteiger partial charge in [-0.2, -0.15) is 0 Å². The van der Waals surface area contributed by atoms with Crippen LogP contribution in [-0.2, 0) is 9.53 Å². The fraction of sp³-hybridized carbons (Fsp3) is 0.929. The lowest BCUT2D eigenvalue weighted by Crippen LogP contribution is -2.35. The van der Waals surface area contributed by atoms with Crippen LogP contribution < -0.4 is 5.73 Å². The van der Waals surface area contributed by atoms with Crippen LogP contribution in [0.1, 0.15) is 65.7 Å². The van der Waals surface area contributed by atoms with Crippen LogP contribution in [0.4, 0.5) is 0 Å². The normalized spacial score (nSPS) is 20.7. The van der Waals surface area contributed by atoms with Crippen LogP contribution in [0.5, 0.6) is 0 Å². The number of hydrogen-bond donors (Lipinski definition) is 1. The van der Waals surface area contributed by atoms with E-state index < -0.39 is 5.60 Å². The molecular formula is C14H27NO2. The van der Waals surface area contributed by atoms with Crippen LogP contribution in [0.15, 0.2) is 0 Å². The summed E-state index contributed by atoms with van der Waals surface area (Å²) in [7, 11) is 0. The molecule has 1 atom stereocenters. The molecule has 1 fully saturated rings. The molecule has 3 heteroatoms. The first-order valence-electron chi connectivity index (χ1n) is 6.86. The van der Waals surface area contributed by atoms with Gasteiger partial charge in [0, 0.05) is 6.04 Å². The van der Waals surface area contributed by atoms with Crippen molar-refractivity contribution in [1.82, 2.24) is 0 Å². The second-order valence-corrected chi connectivity index (χ2v) is 6.21. The SMILES string of the molecule is CC(C)(C)OC(=O)CC(N)C1CCCCCC1. The largest absolute Gasteiger partial charge is 0.460 e. The Hall–Kier alpha value is -0.570. The van der Waals surface area contributed by atoms with Gasteiger partial charge in [0.25, 0.3) is 0 Å². The van der Waals surface area contributed by atoms with Gasteiger partial charge in [0.1, 0.15) is 5.60 Å². The summed E-state index contributed by atoms with van der Waals surface area (Å²) in [6.45, 7) is 5.67. The Bertz CT molecular complexity index is 237.